The van der Waals surface area contributed by atoms with Gasteiger partial charge in [-0.3, -0.25) is 0 Å². The Bertz CT molecular complexity index is 512. The third kappa shape index (κ3) is 2.40. The number of aryl methyl sites for hydroxylation is 1. The summed E-state index contributed by atoms with van der Waals surface area (Å²) in [4.78, 5) is 7.11. The van der Waals surface area contributed by atoms with E-state index >= 15 is 0 Å². The van der Waals surface area contributed by atoms with E-state index in [2.05, 4.69) is 46.8 Å². The fourth-order valence-electron chi connectivity index (χ4n) is 2.12. The highest BCUT2D eigenvalue weighted by atomic mass is 32.1. The molecule has 1 saturated heterocycles. The first-order chi connectivity index (χ1) is 8.83. The second-order valence-electron chi connectivity index (χ2n) is 4.62. The molecule has 94 valence electrons. The zero-order valence-corrected chi connectivity index (χ0v) is 11.3. The van der Waals surface area contributed by atoms with Crippen molar-refractivity contribution < 1.29 is 0 Å². The van der Waals surface area contributed by atoms with Gasteiger partial charge in [0.1, 0.15) is 0 Å². The van der Waals surface area contributed by atoms with E-state index < -0.39 is 0 Å². The van der Waals surface area contributed by atoms with Crippen LogP contribution >= 0.6 is 11.3 Å². The van der Waals surface area contributed by atoms with E-state index in [-0.39, 0.29) is 0 Å². The van der Waals surface area contributed by atoms with Gasteiger partial charge in [0.25, 0.3) is 0 Å². The molecule has 2 aromatic rings. The van der Waals surface area contributed by atoms with Crippen molar-refractivity contribution in [1.29, 1.82) is 0 Å². The molecule has 1 aromatic heterocycles. The lowest BCUT2D eigenvalue weighted by Gasteiger charge is -2.26. The summed E-state index contributed by atoms with van der Waals surface area (Å²) in [7, 11) is 0. The van der Waals surface area contributed by atoms with E-state index in [9.17, 15) is 0 Å². The second-order valence-corrected chi connectivity index (χ2v) is 5.45. The molecule has 0 atom stereocenters. The van der Waals surface area contributed by atoms with Crippen LogP contribution in [-0.4, -0.2) is 31.2 Å². The third-order valence-corrected chi connectivity index (χ3v) is 4.13. The van der Waals surface area contributed by atoms with Crippen LogP contribution in [0.25, 0.3) is 11.3 Å². The molecular weight excluding hydrogens is 242 g/mol. The van der Waals surface area contributed by atoms with Crippen LogP contribution < -0.4 is 10.2 Å². The fourth-order valence-corrected chi connectivity index (χ4v) is 3.01. The zero-order chi connectivity index (χ0) is 12.4. The highest BCUT2D eigenvalue weighted by Gasteiger charge is 2.14. The van der Waals surface area contributed by atoms with Crippen LogP contribution in [0.1, 0.15) is 5.56 Å². The van der Waals surface area contributed by atoms with Crippen molar-refractivity contribution in [2.75, 3.05) is 31.1 Å². The number of rotatable bonds is 2. The van der Waals surface area contributed by atoms with E-state index in [0.717, 1.165) is 37.0 Å². The topological polar surface area (TPSA) is 28.2 Å². The van der Waals surface area contributed by atoms with E-state index in [1.807, 2.05) is 0 Å². The first-order valence-corrected chi connectivity index (χ1v) is 7.19. The highest BCUT2D eigenvalue weighted by Crippen LogP contribution is 2.27. The minimum Gasteiger partial charge on any atom is -0.346 e. The summed E-state index contributed by atoms with van der Waals surface area (Å²) in [6.07, 6.45) is 0. The quantitative estimate of drug-likeness (QED) is 0.898. The number of nitrogens with zero attached hydrogens (tertiary/aromatic N) is 2. The van der Waals surface area contributed by atoms with Crippen LogP contribution in [0.2, 0.25) is 0 Å². The maximum absolute atomic E-state index is 4.75. The maximum atomic E-state index is 4.75. The summed E-state index contributed by atoms with van der Waals surface area (Å²) in [5.41, 5.74) is 3.59. The van der Waals surface area contributed by atoms with Crippen molar-refractivity contribution in [3.05, 3.63) is 35.2 Å². The number of thiazole rings is 1. The van der Waals surface area contributed by atoms with Gasteiger partial charge in [0, 0.05) is 37.1 Å². The molecule has 1 aromatic carbocycles. The Hall–Kier alpha value is -1.39. The van der Waals surface area contributed by atoms with E-state index in [4.69, 9.17) is 4.98 Å². The number of nitrogens with one attached hydrogen (secondary N) is 1. The van der Waals surface area contributed by atoms with Crippen molar-refractivity contribution in [3.8, 4) is 11.3 Å². The summed E-state index contributed by atoms with van der Waals surface area (Å²) < 4.78 is 0. The summed E-state index contributed by atoms with van der Waals surface area (Å²) in [6.45, 7) is 6.33. The van der Waals surface area contributed by atoms with Crippen LogP contribution in [0.4, 0.5) is 5.13 Å². The first kappa shape index (κ1) is 11.7. The molecule has 1 aliphatic rings. The molecule has 0 amide bonds. The minimum absolute atomic E-state index is 1.06. The van der Waals surface area contributed by atoms with Crippen molar-refractivity contribution in [1.82, 2.24) is 10.3 Å². The molecule has 0 saturated carbocycles. The standard InChI is InChI=1S/C14H17N3S/c1-11-2-4-12(5-3-11)13-10-18-14(16-13)17-8-6-15-7-9-17/h2-5,10,15H,6-9H2,1H3. The minimum atomic E-state index is 1.06. The Labute approximate surface area is 111 Å². The molecule has 3 nitrogen and oxygen atoms in total. The smallest absolute Gasteiger partial charge is 0.185 e. The Kier molecular flexibility index (Phi) is 3.30. The number of benzene rings is 1. The first-order valence-electron chi connectivity index (χ1n) is 6.31. The lowest BCUT2D eigenvalue weighted by Crippen LogP contribution is -2.43. The summed E-state index contributed by atoms with van der Waals surface area (Å²) >= 11 is 1.74. The van der Waals surface area contributed by atoms with Gasteiger partial charge in [-0.25, -0.2) is 4.98 Å². The Balaban J connectivity index is 1.82. The molecule has 4 heteroatoms. The number of aromatic nitrogens is 1. The predicted octanol–water partition coefficient (Wildman–Crippen LogP) is 2.53. The molecule has 18 heavy (non-hydrogen) atoms. The monoisotopic (exact) mass is 259 g/mol. The van der Waals surface area contributed by atoms with Crippen LogP contribution in [-0.2, 0) is 0 Å². The third-order valence-electron chi connectivity index (χ3n) is 3.23. The summed E-state index contributed by atoms with van der Waals surface area (Å²) in [6, 6.07) is 8.57. The Morgan fingerprint density at radius 1 is 1.17 bits per heavy atom. The molecular formula is C14H17N3S. The van der Waals surface area contributed by atoms with Gasteiger partial charge >= 0.3 is 0 Å². The Morgan fingerprint density at radius 2 is 1.89 bits per heavy atom. The molecule has 0 spiro atoms. The molecule has 1 aliphatic heterocycles. The van der Waals surface area contributed by atoms with Gasteiger partial charge in [-0.15, -0.1) is 11.3 Å². The molecule has 0 bridgehead atoms. The lowest BCUT2D eigenvalue weighted by molar-refractivity contribution is 0.588. The average molecular weight is 259 g/mol. The van der Waals surface area contributed by atoms with Gasteiger partial charge < -0.3 is 10.2 Å². The molecule has 1 N–H and O–H groups in total. The summed E-state index contributed by atoms with van der Waals surface area (Å²) in [5.74, 6) is 0. The van der Waals surface area contributed by atoms with Crippen molar-refractivity contribution in [3.63, 3.8) is 0 Å². The van der Waals surface area contributed by atoms with E-state index in [0.29, 0.717) is 0 Å². The SMILES string of the molecule is Cc1ccc(-c2csc(N3CCNCC3)n2)cc1. The maximum Gasteiger partial charge on any atom is 0.185 e. The normalized spacial score (nSPS) is 15.9. The van der Waals surface area contributed by atoms with Crippen LogP contribution in [0, 0.1) is 6.92 Å². The average Bonchev–Trinajstić information content (AvgIpc) is 2.90. The zero-order valence-electron chi connectivity index (χ0n) is 10.5. The fraction of sp³-hybridized carbons (Fsp3) is 0.357. The lowest BCUT2D eigenvalue weighted by atomic mass is 10.1. The second kappa shape index (κ2) is 5.08. The Morgan fingerprint density at radius 3 is 2.61 bits per heavy atom. The summed E-state index contributed by atoms with van der Waals surface area (Å²) in [5, 5.41) is 6.66. The van der Waals surface area contributed by atoms with Crippen molar-refractivity contribution >= 4 is 16.5 Å². The van der Waals surface area contributed by atoms with Crippen LogP contribution in [0.3, 0.4) is 0 Å². The molecule has 0 unspecified atom stereocenters. The van der Waals surface area contributed by atoms with Crippen molar-refractivity contribution in [2.24, 2.45) is 0 Å². The molecule has 0 aliphatic carbocycles. The molecule has 3 rings (SSSR count). The van der Waals surface area contributed by atoms with Crippen LogP contribution in [0.5, 0.6) is 0 Å². The molecule has 2 heterocycles. The van der Waals surface area contributed by atoms with Gasteiger partial charge in [-0.1, -0.05) is 29.8 Å². The number of anilines is 1. The predicted molar refractivity (Wildman–Crippen MR) is 77.4 cm³/mol. The number of piperazine rings is 1. The molecule has 0 radical (unpaired) electrons. The highest BCUT2D eigenvalue weighted by molar-refractivity contribution is 7.14. The van der Waals surface area contributed by atoms with Gasteiger partial charge in [0.15, 0.2) is 5.13 Å². The van der Waals surface area contributed by atoms with E-state index in [1.54, 1.807) is 11.3 Å². The number of hydrogen-bond acceptors (Lipinski definition) is 4. The van der Waals surface area contributed by atoms with Gasteiger partial charge in [0.2, 0.25) is 0 Å². The van der Waals surface area contributed by atoms with Gasteiger partial charge in [-0.05, 0) is 6.92 Å². The van der Waals surface area contributed by atoms with Crippen molar-refractivity contribution in [2.45, 2.75) is 6.92 Å². The number of hydrogen-bond donors (Lipinski definition) is 1. The van der Waals surface area contributed by atoms with Gasteiger partial charge in [0.05, 0.1) is 5.69 Å². The van der Waals surface area contributed by atoms with E-state index in [1.165, 1.54) is 11.1 Å². The van der Waals surface area contributed by atoms with Gasteiger partial charge in [-0.2, -0.15) is 0 Å². The largest absolute Gasteiger partial charge is 0.346 e. The molecule has 1 fully saturated rings. The van der Waals surface area contributed by atoms with Crippen LogP contribution in [0.15, 0.2) is 29.6 Å².